The SMILES string of the molecule is COc1cccc(COC(C#N)C(N)=O)c1. The molecule has 5 heteroatoms. The number of nitrogens with two attached hydrogens (primary N) is 1. The second kappa shape index (κ2) is 5.73. The molecule has 0 radical (unpaired) electrons. The third kappa shape index (κ3) is 3.26. The number of ether oxygens (including phenoxy) is 2. The standard InChI is InChI=1S/C11H12N2O3/c1-15-9-4-2-3-8(5-9)7-16-10(6-12)11(13)14/h2-5,10H,7H2,1H3,(H2,13,14). The number of hydrogen-bond donors (Lipinski definition) is 1. The molecule has 1 atom stereocenters. The quantitative estimate of drug-likeness (QED) is 0.786. The molecule has 84 valence electrons. The van der Waals surface area contributed by atoms with Gasteiger partial charge in [-0.05, 0) is 17.7 Å². The first-order chi connectivity index (χ1) is 7.67. The van der Waals surface area contributed by atoms with Crippen molar-refractivity contribution in [3.63, 3.8) is 0 Å². The number of nitriles is 1. The van der Waals surface area contributed by atoms with Gasteiger partial charge in [0.2, 0.25) is 6.10 Å². The Morgan fingerprint density at radius 2 is 2.38 bits per heavy atom. The highest BCUT2D eigenvalue weighted by Crippen LogP contribution is 2.13. The number of nitrogens with zero attached hydrogens (tertiary/aromatic N) is 1. The lowest BCUT2D eigenvalue weighted by molar-refractivity contribution is -0.126. The maximum absolute atomic E-state index is 10.7. The maximum atomic E-state index is 10.7. The average Bonchev–Trinajstić information content (AvgIpc) is 2.29. The van der Waals surface area contributed by atoms with E-state index in [2.05, 4.69) is 0 Å². The van der Waals surface area contributed by atoms with E-state index in [1.165, 1.54) is 0 Å². The lowest BCUT2D eigenvalue weighted by Gasteiger charge is -2.08. The van der Waals surface area contributed by atoms with Crippen LogP contribution >= 0.6 is 0 Å². The first-order valence-electron chi connectivity index (χ1n) is 4.61. The minimum Gasteiger partial charge on any atom is -0.497 e. The van der Waals surface area contributed by atoms with Crippen LogP contribution in [0.2, 0.25) is 0 Å². The van der Waals surface area contributed by atoms with E-state index in [4.69, 9.17) is 20.5 Å². The van der Waals surface area contributed by atoms with Crippen LogP contribution in [0.5, 0.6) is 5.75 Å². The summed E-state index contributed by atoms with van der Waals surface area (Å²) in [6, 6.07) is 8.82. The van der Waals surface area contributed by atoms with E-state index < -0.39 is 12.0 Å². The zero-order chi connectivity index (χ0) is 12.0. The molecule has 1 unspecified atom stereocenters. The zero-order valence-corrected chi connectivity index (χ0v) is 8.84. The van der Waals surface area contributed by atoms with Crippen molar-refractivity contribution >= 4 is 5.91 Å². The van der Waals surface area contributed by atoms with Gasteiger partial charge in [0.1, 0.15) is 11.8 Å². The minimum absolute atomic E-state index is 0.137. The minimum atomic E-state index is -1.22. The van der Waals surface area contributed by atoms with Crippen molar-refractivity contribution in [2.45, 2.75) is 12.7 Å². The highest BCUT2D eigenvalue weighted by Gasteiger charge is 2.14. The Morgan fingerprint density at radius 3 is 2.94 bits per heavy atom. The van der Waals surface area contributed by atoms with E-state index in [1.807, 2.05) is 0 Å². The van der Waals surface area contributed by atoms with Gasteiger partial charge in [0.05, 0.1) is 13.7 Å². The Bertz CT molecular complexity index is 412. The smallest absolute Gasteiger partial charge is 0.261 e. The van der Waals surface area contributed by atoms with Gasteiger partial charge < -0.3 is 15.2 Å². The topological polar surface area (TPSA) is 85.3 Å². The van der Waals surface area contributed by atoms with Crippen molar-refractivity contribution in [3.8, 4) is 11.8 Å². The lowest BCUT2D eigenvalue weighted by Crippen LogP contribution is -2.29. The summed E-state index contributed by atoms with van der Waals surface area (Å²) in [5, 5.41) is 8.57. The summed E-state index contributed by atoms with van der Waals surface area (Å²) in [7, 11) is 1.56. The van der Waals surface area contributed by atoms with E-state index in [9.17, 15) is 4.79 Å². The van der Waals surface area contributed by atoms with Gasteiger partial charge in [0, 0.05) is 0 Å². The second-order valence-electron chi connectivity index (χ2n) is 3.07. The summed E-state index contributed by atoms with van der Waals surface area (Å²) in [5.74, 6) is -0.0981. The number of carbonyl (C=O) groups is 1. The Hall–Kier alpha value is -2.06. The van der Waals surface area contributed by atoms with Crippen molar-refractivity contribution in [1.82, 2.24) is 0 Å². The molecule has 0 aliphatic heterocycles. The van der Waals surface area contributed by atoms with Crippen LogP contribution < -0.4 is 10.5 Å². The van der Waals surface area contributed by atoms with E-state index in [0.717, 1.165) is 5.56 Å². The average molecular weight is 220 g/mol. The molecule has 0 aromatic heterocycles. The van der Waals surface area contributed by atoms with Crippen LogP contribution in [0, 0.1) is 11.3 Å². The molecule has 16 heavy (non-hydrogen) atoms. The van der Waals surface area contributed by atoms with Crippen molar-refractivity contribution in [3.05, 3.63) is 29.8 Å². The van der Waals surface area contributed by atoms with Gasteiger partial charge in [-0.25, -0.2) is 0 Å². The lowest BCUT2D eigenvalue weighted by atomic mass is 10.2. The number of amides is 1. The molecule has 0 aliphatic carbocycles. The number of primary amides is 1. The number of carbonyl (C=O) groups excluding carboxylic acids is 1. The van der Waals surface area contributed by atoms with E-state index >= 15 is 0 Å². The van der Waals surface area contributed by atoms with Crippen LogP contribution in [0.15, 0.2) is 24.3 Å². The van der Waals surface area contributed by atoms with Crippen molar-refractivity contribution in [2.24, 2.45) is 5.73 Å². The summed E-state index contributed by atoms with van der Waals surface area (Å²) in [6.07, 6.45) is -1.22. The van der Waals surface area contributed by atoms with E-state index in [1.54, 1.807) is 37.4 Å². The number of hydrogen-bond acceptors (Lipinski definition) is 4. The van der Waals surface area contributed by atoms with Crippen LogP contribution in [0.1, 0.15) is 5.56 Å². The molecule has 2 N–H and O–H groups in total. The summed E-state index contributed by atoms with van der Waals surface area (Å²) >= 11 is 0. The van der Waals surface area contributed by atoms with Crippen LogP contribution in [0.3, 0.4) is 0 Å². The fourth-order valence-corrected chi connectivity index (χ4v) is 1.12. The number of benzene rings is 1. The maximum Gasteiger partial charge on any atom is 0.261 e. The zero-order valence-electron chi connectivity index (χ0n) is 8.84. The fraction of sp³-hybridized carbons (Fsp3) is 0.273. The van der Waals surface area contributed by atoms with Crippen LogP contribution in [-0.4, -0.2) is 19.1 Å². The monoisotopic (exact) mass is 220 g/mol. The molecule has 0 fully saturated rings. The molecule has 0 aliphatic rings. The highest BCUT2D eigenvalue weighted by atomic mass is 16.5. The first-order valence-corrected chi connectivity index (χ1v) is 4.61. The molecule has 1 amide bonds. The Labute approximate surface area is 93.4 Å². The molecule has 0 heterocycles. The van der Waals surface area contributed by atoms with Crippen LogP contribution in [0.25, 0.3) is 0 Å². The third-order valence-corrected chi connectivity index (χ3v) is 1.93. The number of methoxy groups -OCH3 is 1. The van der Waals surface area contributed by atoms with Gasteiger partial charge in [-0.1, -0.05) is 12.1 Å². The molecule has 0 saturated heterocycles. The molecule has 1 rings (SSSR count). The van der Waals surface area contributed by atoms with Crippen molar-refractivity contribution in [2.75, 3.05) is 7.11 Å². The Kier molecular flexibility index (Phi) is 4.30. The van der Waals surface area contributed by atoms with Crippen LogP contribution in [-0.2, 0) is 16.1 Å². The van der Waals surface area contributed by atoms with Crippen molar-refractivity contribution < 1.29 is 14.3 Å². The van der Waals surface area contributed by atoms with Crippen LogP contribution in [0.4, 0.5) is 0 Å². The van der Waals surface area contributed by atoms with Gasteiger partial charge in [0.25, 0.3) is 5.91 Å². The molecule has 1 aromatic rings. The fourth-order valence-electron chi connectivity index (χ4n) is 1.12. The summed E-state index contributed by atoms with van der Waals surface area (Å²) in [4.78, 5) is 10.7. The molecule has 0 saturated carbocycles. The van der Waals surface area contributed by atoms with E-state index in [-0.39, 0.29) is 6.61 Å². The Morgan fingerprint density at radius 1 is 1.62 bits per heavy atom. The predicted octanol–water partition coefficient (Wildman–Crippen LogP) is 0.589. The van der Waals surface area contributed by atoms with Gasteiger partial charge in [-0.2, -0.15) is 5.26 Å². The summed E-state index contributed by atoms with van der Waals surface area (Å²) in [6.45, 7) is 0.137. The van der Waals surface area contributed by atoms with Crippen molar-refractivity contribution in [1.29, 1.82) is 5.26 Å². The molecule has 0 spiro atoms. The van der Waals surface area contributed by atoms with Gasteiger partial charge in [0.15, 0.2) is 0 Å². The summed E-state index contributed by atoms with van der Waals surface area (Å²) in [5.41, 5.74) is 5.76. The van der Waals surface area contributed by atoms with Gasteiger partial charge in [-0.15, -0.1) is 0 Å². The molecule has 0 bridgehead atoms. The normalized spacial score (nSPS) is 11.5. The Balaban J connectivity index is 2.60. The third-order valence-electron chi connectivity index (χ3n) is 1.93. The molecular formula is C11H12N2O3. The van der Waals surface area contributed by atoms with Gasteiger partial charge in [-0.3, -0.25) is 4.79 Å². The molecule has 1 aromatic carbocycles. The predicted molar refractivity (Wildman–Crippen MR) is 56.4 cm³/mol. The molecule has 5 nitrogen and oxygen atoms in total. The highest BCUT2D eigenvalue weighted by molar-refractivity contribution is 5.81. The first kappa shape index (κ1) is 12.0. The summed E-state index contributed by atoms with van der Waals surface area (Å²) < 4.78 is 10.1. The number of rotatable bonds is 5. The van der Waals surface area contributed by atoms with Gasteiger partial charge >= 0.3 is 0 Å². The van der Waals surface area contributed by atoms with E-state index in [0.29, 0.717) is 5.75 Å². The largest absolute Gasteiger partial charge is 0.497 e. The second-order valence-corrected chi connectivity index (χ2v) is 3.07. The molecular weight excluding hydrogens is 208 g/mol.